The van der Waals surface area contributed by atoms with Crippen LogP contribution in [0.3, 0.4) is 0 Å². The highest BCUT2D eigenvalue weighted by Gasteiger charge is 2.33. The summed E-state index contributed by atoms with van der Waals surface area (Å²) in [6.45, 7) is 0.893. The second-order valence-corrected chi connectivity index (χ2v) is 9.51. The molecular formula is C17H19N5O3S2. The summed E-state index contributed by atoms with van der Waals surface area (Å²) in [6, 6.07) is 8.90. The average Bonchev–Trinajstić information content (AvgIpc) is 3.37. The first-order chi connectivity index (χ1) is 13.1. The largest absolute Gasteiger partial charge is 0.349 e. The molecule has 27 heavy (non-hydrogen) atoms. The number of hydrogen-bond donors (Lipinski definition) is 1. The van der Waals surface area contributed by atoms with Crippen LogP contribution in [0.2, 0.25) is 0 Å². The molecule has 1 saturated heterocycles. The van der Waals surface area contributed by atoms with Crippen LogP contribution >= 0.6 is 11.3 Å². The van der Waals surface area contributed by atoms with Gasteiger partial charge in [-0.15, -0.1) is 21.5 Å². The van der Waals surface area contributed by atoms with Crippen molar-refractivity contribution in [3.63, 3.8) is 0 Å². The van der Waals surface area contributed by atoms with E-state index in [-0.39, 0.29) is 24.9 Å². The van der Waals surface area contributed by atoms with Crippen LogP contribution in [0.25, 0.3) is 5.65 Å². The molecule has 0 aliphatic carbocycles. The molecule has 4 heterocycles. The van der Waals surface area contributed by atoms with E-state index in [0.29, 0.717) is 35.1 Å². The molecule has 10 heteroatoms. The lowest BCUT2D eigenvalue weighted by atomic mass is 9.99. The van der Waals surface area contributed by atoms with Gasteiger partial charge >= 0.3 is 0 Å². The van der Waals surface area contributed by atoms with Crippen molar-refractivity contribution in [2.24, 2.45) is 5.92 Å². The maximum atomic E-state index is 12.7. The number of sulfonamides is 1. The molecule has 0 saturated carbocycles. The third-order valence-corrected chi connectivity index (χ3v) is 7.89. The molecule has 3 aromatic rings. The zero-order valence-electron chi connectivity index (χ0n) is 14.5. The van der Waals surface area contributed by atoms with Crippen LogP contribution in [0.15, 0.2) is 46.1 Å². The second-order valence-electron chi connectivity index (χ2n) is 6.40. The first kappa shape index (κ1) is 18.1. The lowest BCUT2D eigenvalue weighted by molar-refractivity contribution is -0.126. The number of nitrogens with zero attached hydrogens (tertiary/aromatic N) is 4. The number of hydrogen-bond acceptors (Lipinski definition) is 6. The van der Waals surface area contributed by atoms with Gasteiger partial charge in [0.15, 0.2) is 11.5 Å². The Morgan fingerprint density at radius 1 is 1.26 bits per heavy atom. The van der Waals surface area contributed by atoms with Crippen molar-refractivity contribution in [3.8, 4) is 0 Å². The van der Waals surface area contributed by atoms with E-state index in [0.717, 1.165) is 0 Å². The van der Waals surface area contributed by atoms with Crippen LogP contribution in [0.4, 0.5) is 0 Å². The maximum absolute atomic E-state index is 12.7. The number of carbonyl (C=O) groups is 1. The Labute approximate surface area is 160 Å². The molecule has 1 N–H and O–H groups in total. The number of thiophene rings is 1. The van der Waals surface area contributed by atoms with Gasteiger partial charge in [0.2, 0.25) is 5.91 Å². The van der Waals surface area contributed by atoms with Crippen molar-refractivity contribution in [2.75, 3.05) is 13.1 Å². The van der Waals surface area contributed by atoms with Gasteiger partial charge in [0.05, 0.1) is 12.5 Å². The van der Waals surface area contributed by atoms with E-state index in [2.05, 4.69) is 15.5 Å². The van der Waals surface area contributed by atoms with Gasteiger partial charge in [-0.25, -0.2) is 8.42 Å². The van der Waals surface area contributed by atoms with Crippen molar-refractivity contribution in [1.29, 1.82) is 0 Å². The zero-order chi connectivity index (χ0) is 18.9. The summed E-state index contributed by atoms with van der Waals surface area (Å²) in [5, 5.41) is 12.8. The molecule has 0 bridgehead atoms. The molecule has 0 spiro atoms. The third kappa shape index (κ3) is 3.60. The Kier molecular flexibility index (Phi) is 4.94. The van der Waals surface area contributed by atoms with Crippen molar-refractivity contribution >= 4 is 32.9 Å². The van der Waals surface area contributed by atoms with Crippen LogP contribution in [0.1, 0.15) is 18.7 Å². The minimum absolute atomic E-state index is 0.159. The highest BCUT2D eigenvalue weighted by Crippen LogP contribution is 2.26. The highest BCUT2D eigenvalue weighted by molar-refractivity contribution is 7.91. The van der Waals surface area contributed by atoms with Crippen molar-refractivity contribution < 1.29 is 13.2 Å². The van der Waals surface area contributed by atoms with Crippen LogP contribution in [-0.2, 0) is 21.4 Å². The monoisotopic (exact) mass is 405 g/mol. The van der Waals surface area contributed by atoms with Gasteiger partial charge in [-0.1, -0.05) is 12.1 Å². The van der Waals surface area contributed by atoms with Crippen LogP contribution < -0.4 is 5.32 Å². The first-order valence-corrected chi connectivity index (χ1v) is 11.0. The fourth-order valence-electron chi connectivity index (χ4n) is 3.23. The van der Waals surface area contributed by atoms with Crippen molar-refractivity contribution in [3.05, 3.63) is 47.7 Å². The minimum Gasteiger partial charge on any atom is -0.349 e. The Hall–Kier alpha value is -2.30. The molecule has 0 unspecified atom stereocenters. The summed E-state index contributed by atoms with van der Waals surface area (Å²) in [6.07, 6.45) is 3.17. The molecule has 142 valence electrons. The van der Waals surface area contributed by atoms with E-state index in [4.69, 9.17) is 0 Å². The Morgan fingerprint density at radius 2 is 2.15 bits per heavy atom. The van der Waals surface area contributed by atoms with Gasteiger partial charge in [0, 0.05) is 19.3 Å². The number of nitrogens with one attached hydrogen (secondary N) is 1. The van der Waals surface area contributed by atoms with Crippen LogP contribution in [0.5, 0.6) is 0 Å². The summed E-state index contributed by atoms with van der Waals surface area (Å²) in [4.78, 5) is 12.6. The normalized spacial score (nSPS) is 18.6. The molecule has 1 aliphatic rings. The third-order valence-electron chi connectivity index (χ3n) is 4.65. The van der Waals surface area contributed by atoms with Gasteiger partial charge in [-0.05, 0) is 36.4 Å². The lowest BCUT2D eigenvalue weighted by Gasteiger charge is -2.30. The lowest BCUT2D eigenvalue weighted by Crippen LogP contribution is -2.45. The van der Waals surface area contributed by atoms with Crippen molar-refractivity contribution in [2.45, 2.75) is 23.6 Å². The van der Waals surface area contributed by atoms with E-state index in [1.807, 2.05) is 28.8 Å². The molecule has 3 aromatic heterocycles. The van der Waals surface area contributed by atoms with Crippen LogP contribution in [-0.4, -0.2) is 46.3 Å². The highest BCUT2D eigenvalue weighted by atomic mass is 32.2. The summed E-state index contributed by atoms with van der Waals surface area (Å²) in [5.41, 5.74) is 0.715. The quantitative estimate of drug-likeness (QED) is 0.694. The van der Waals surface area contributed by atoms with Crippen molar-refractivity contribution in [1.82, 2.24) is 24.2 Å². The Morgan fingerprint density at radius 3 is 2.96 bits per heavy atom. The zero-order valence-corrected chi connectivity index (χ0v) is 16.1. The molecule has 1 fully saturated rings. The Bertz CT molecular complexity index is 1050. The van der Waals surface area contributed by atoms with E-state index in [9.17, 15) is 13.2 Å². The number of aromatic nitrogens is 3. The predicted molar refractivity (Wildman–Crippen MR) is 101 cm³/mol. The number of rotatable bonds is 5. The number of piperidine rings is 1. The standard InChI is InChI=1S/C17H19N5O3S2/c23-17(18-11-15-20-19-14-6-1-2-9-22(14)15)13-5-3-8-21(12-13)27(24,25)16-7-4-10-26-16/h1-2,4,6-7,9-10,13H,3,5,8,11-12H2,(H,18,23)/t13-/m0/s1. The average molecular weight is 406 g/mol. The molecular weight excluding hydrogens is 386 g/mol. The number of carbonyl (C=O) groups excluding carboxylic acids is 1. The van der Waals surface area contributed by atoms with E-state index < -0.39 is 10.0 Å². The number of pyridine rings is 1. The van der Waals surface area contributed by atoms with Crippen LogP contribution in [0, 0.1) is 5.92 Å². The van der Waals surface area contributed by atoms with Gasteiger partial charge in [0.1, 0.15) is 4.21 Å². The summed E-state index contributed by atoms with van der Waals surface area (Å²) < 4.78 is 28.9. The van der Waals surface area contributed by atoms with Gasteiger partial charge in [-0.2, -0.15) is 4.31 Å². The number of fused-ring (bicyclic) bond motifs is 1. The smallest absolute Gasteiger partial charge is 0.252 e. The molecule has 4 rings (SSSR count). The summed E-state index contributed by atoms with van der Waals surface area (Å²) in [5.74, 6) is 0.110. The van der Waals surface area contributed by atoms with E-state index in [1.165, 1.54) is 15.6 Å². The topological polar surface area (TPSA) is 96.7 Å². The van der Waals surface area contributed by atoms with Gasteiger partial charge < -0.3 is 5.32 Å². The molecule has 1 atom stereocenters. The predicted octanol–water partition coefficient (Wildman–Crippen LogP) is 1.51. The SMILES string of the molecule is O=C(NCc1nnc2ccccn12)[C@H]1CCCN(S(=O)(=O)c2cccs2)C1. The van der Waals surface area contributed by atoms with E-state index in [1.54, 1.807) is 17.5 Å². The fourth-order valence-corrected chi connectivity index (χ4v) is 5.90. The summed E-state index contributed by atoms with van der Waals surface area (Å²) >= 11 is 1.19. The minimum atomic E-state index is -3.53. The summed E-state index contributed by atoms with van der Waals surface area (Å²) in [7, 11) is -3.53. The maximum Gasteiger partial charge on any atom is 0.252 e. The molecule has 0 radical (unpaired) electrons. The second kappa shape index (κ2) is 7.37. The molecule has 1 aliphatic heterocycles. The first-order valence-electron chi connectivity index (χ1n) is 8.66. The fraction of sp³-hybridized carbons (Fsp3) is 0.353. The number of amides is 1. The van der Waals surface area contributed by atoms with E-state index >= 15 is 0 Å². The Balaban J connectivity index is 1.41. The molecule has 1 amide bonds. The van der Waals surface area contributed by atoms with Gasteiger partial charge in [0.25, 0.3) is 10.0 Å². The molecule has 8 nitrogen and oxygen atoms in total. The van der Waals surface area contributed by atoms with Gasteiger partial charge in [-0.3, -0.25) is 9.20 Å². The molecule has 0 aromatic carbocycles.